The van der Waals surface area contributed by atoms with Crippen molar-refractivity contribution in [2.75, 3.05) is 12.4 Å². The maximum Gasteiger partial charge on any atom is 0.328 e. The number of nitrogens with one attached hydrogen (secondary N) is 2. The summed E-state index contributed by atoms with van der Waals surface area (Å²) >= 11 is 0. The third-order valence-corrected chi connectivity index (χ3v) is 3.83. The third-order valence-electron chi connectivity index (χ3n) is 3.83. The molecule has 0 heterocycles. The monoisotopic (exact) mass is 354 g/mol. The van der Waals surface area contributed by atoms with Gasteiger partial charge >= 0.3 is 5.97 Å². The summed E-state index contributed by atoms with van der Waals surface area (Å²) < 4.78 is 4.82. The smallest absolute Gasteiger partial charge is 0.328 e. The fraction of sp³-hybridized carbons (Fsp3) is 0.250. The summed E-state index contributed by atoms with van der Waals surface area (Å²) in [5.41, 5.74) is 2.68. The number of methoxy groups -OCH3 is 1. The Morgan fingerprint density at radius 1 is 1.04 bits per heavy atom. The van der Waals surface area contributed by atoms with Crippen LogP contribution in [0.2, 0.25) is 0 Å². The molecule has 0 aliphatic rings. The van der Waals surface area contributed by atoms with Gasteiger partial charge in [-0.1, -0.05) is 42.0 Å². The molecule has 136 valence electrons. The van der Waals surface area contributed by atoms with E-state index in [0.29, 0.717) is 12.1 Å². The van der Waals surface area contributed by atoms with Gasteiger partial charge in [-0.3, -0.25) is 9.59 Å². The zero-order chi connectivity index (χ0) is 19.1. The number of carbonyl (C=O) groups is 3. The van der Waals surface area contributed by atoms with E-state index < -0.39 is 17.9 Å². The summed E-state index contributed by atoms with van der Waals surface area (Å²) in [5.74, 6) is -1.28. The minimum atomic E-state index is -0.833. The minimum absolute atomic E-state index is 0.278. The van der Waals surface area contributed by atoms with Crippen molar-refractivity contribution in [3.63, 3.8) is 0 Å². The van der Waals surface area contributed by atoms with Crippen LogP contribution < -0.4 is 10.6 Å². The number of amides is 2. The lowest BCUT2D eigenvalue weighted by Crippen LogP contribution is -2.43. The van der Waals surface area contributed by atoms with Gasteiger partial charge in [-0.15, -0.1) is 0 Å². The molecule has 6 nitrogen and oxygen atoms in total. The highest BCUT2D eigenvalue weighted by atomic mass is 16.5. The van der Waals surface area contributed by atoms with Gasteiger partial charge in [-0.05, 0) is 24.6 Å². The molecule has 0 fully saturated rings. The molecule has 2 rings (SSSR count). The van der Waals surface area contributed by atoms with Gasteiger partial charge in [0.05, 0.1) is 18.4 Å². The summed E-state index contributed by atoms with van der Waals surface area (Å²) in [5, 5.41) is 5.31. The fourth-order valence-electron chi connectivity index (χ4n) is 2.51. The van der Waals surface area contributed by atoms with E-state index in [1.165, 1.54) is 14.0 Å². The van der Waals surface area contributed by atoms with Gasteiger partial charge in [-0.2, -0.15) is 0 Å². The lowest BCUT2D eigenvalue weighted by atomic mass is 10.0. The topological polar surface area (TPSA) is 84.5 Å². The molecule has 26 heavy (non-hydrogen) atoms. The zero-order valence-corrected chi connectivity index (χ0v) is 15.0. The summed E-state index contributed by atoms with van der Waals surface area (Å²) in [6.45, 7) is 3.34. The standard InChI is InChI=1S/C20H22N2O4/c1-13-8-10-15(11-9-13)12-18(20(25)26-3)22-19(24)16-6-4-5-7-17(16)21-14(2)23/h4-11,18H,12H2,1-3H3,(H,21,23)(H,22,24)/t18-/m1/s1. The highest BCUT2D eigenvalue weighted by Gasteiger charge is 2.23. The van der Waals surface area contributed by atoms with Crippen molar-refractivity contribution in [2.45, 2.75) is 26.3 Å². The van der Waals surface area contributed by atoms with Crippen LogP contribution in [0.3, 0.4) is 0 Å². The molecule has 0 saturated carbocycles. The lowest BCUT2D eigenvalue weighted by molar-refractivity contribution is -0.142. The summed E-state index contributed by atoms with van der Waals surface area (Å²) in [4.78, 5) is 36.1. The van der Waals surface area contributed by atoms with E-state index in [-0.39, 0.29) is 11.5 Å². The first kappa shape index (κ1) is 19.2. The Bertz CT molecular complexity index is 800. The van der Waals surface area contributed by atoms with Gasteiger partial charge < -0.3 is 15.4 Å². The Morgan fingerprint density at radius 2 is 1.69 bits per heavy atom. The van der Waals surface area contributed by atoms with Crippen molar-refractivity contribution in [1.82, 2.24) is 5.32 Å². The largest absolute Gasteiger partial charge is 0.467 e. The zero-order valence-electron chi connectivity index (χ0n) is 15.0. The molecule has 2 aromatic rings. The van der Waals surface area contributed by atoms with Gasteiger partial charge in [0.25, 0.3) is 5.91 Å². The Kier molecular flexibility index (Phi) is 6.49. The maximum atomic E-state index is 12.7. The number of benzene rings is 2. The van der Waals surface area contributed by atoms with Crippen molar-refractivity contribution in [3.8, 4) is 0 Å². The van der Waals surface area contributed by atoms with Crippen LogP contribution in [0.25, 0.3) is 0 Å². The highest BCUT2D eigenvalue weighted by molar-refractivity contribution is 6.04. The van der Waals surface area contributed by atoms with Crippen molar-refractivity contribution >= 4 is 23.5 Å². The van der Waals surface area contributed by atoms with E-state index in [4.69, 9.17) is 4.74 Å². The minimum Gasteiger partial charge on any atom is -0.467 e. The van der Waals surface area contributed by atoms with Crippen LogP contribution in [0.4, 0.5) is 5.69 Å². The Balaban J connectivity index is 2.20. The Labute approximate surface area is 152 Å². The van der Waals surface area contributed by atoms with Crippen LogP contribution in [-0.2, 0) is 20.7 Å². The van der Waals surface area contributed by atoms with Crippen LogP contribution in [0.15, 0.2) is 48.5 Å². The van der Waals surface area contributed by atoms with Crippen molar-refractivity contribution in [3.05, 3.63) is 65.2 Å². The first-order valence-electron chi connectivity index (χ1n) is 8.21. The average Bonchev–Trinajstić information content (AvgIpc) is 2.62. The number of hydrogen-bond acceptors (Lipinski definition) is 4. The number of hydrogen-bond donors (Lipinski definition) is 2. The fourth-order valence-corrected chi connectivity index (χ4v) is 2.51. The quantitative estimate of drug-likeness (QED) is 0.781. The second-order valence-corrected chi connectivity index (χ2v) is 5.97. The van der Waals surface area contributed by atoms with E-state index in [2.05, 4.69) is 10.6 Å². The van der Waals surface area contributed by atoms with Crippen LogP contribution in [0.5, 0.6) is 0 Å². The molecule has 0 bridgehead atoms. The van der Waals surface area contributed by atoms with Gasteiger partial charge in [0.1, 0.15) is 6.04 Å². The number of rotatable bonds is 6. The van der Waals surface area contributed by atoms with Crippen molar-refractivity contribution in [2.24, 2.45) is 0 Å². The molecule has 0 radical (unpaired) electrons. The first-order valence-corrected chi connectivity index (χ1v) is 8.21. The second-order valence-electron chi connectivity index (χ2n) is 5.97. The summed E-state index contributed by atoms with van der Waals surface area (Å²) in [6, 6.07) is 13.5. The van der Waals surface area contributed by atoms with Gasteiger partial charge in [0.2, 0.25) is 5.91 Å². The number of ether oxygens (including phenoxy) is 1. The SMILES string of the molecule is COC(=O)[C@@H](Cc1ccc(C)cc1)NC(=O)c1ccccc1NC(C)=O. The predicted molar refractivity (Wildman–Crippen MR) is 98.9 cm³/mol. The van der Waals surface area contributed by atoms with Gasteiger partial charge in [0.15, 0.2) is 0 Å². The predicted octanol–water partition coefficient (Wildman–Crippen LogP) is 2.47. The molecule has 0 aromatic heterocycles. The summed E-state index contributed by atoms with van der Waals surface area (Å²) in [7, 11) is 1.28. The lowest BCUT2D eigenvalue weighted by Gasteiger charge is -2.18. The molecule has 0 aliphatic heterocycles. The normalized spacial score (nSPS) is 11.3. The number of carbonyl (C=O) groups excluding carboxylic acids is 3. The number of esters is 1. The molecule has 6 heteroatoms. The third kappa shape index (κ3) is 5.17. The summed E-state index contributed by atoms with van der Waals surface area (Å²) in [6.07, 6.45) is 0.307. The van der Waals surface area contributed by atoms with E-state index in [9.17, 15) is 14.4 Å². The van der Waals surface area contributed by atoms with Crippen LogP contribution in [-0.4, -0.2) is 30.9 Å². The molecule has 1 atom stereocenters. The molecule has 0 unspecified atom stereocenters. The molecule has 2 N–H and O–H groups in total. The van der Waals surface area contributed by atoms with Gasteiger partial charge in [-0.25, -0.2) is 4.79 Å². The van der Waals surface area contributed by atoms with E-state index in [0.717, 1.165) is 11.1 Å². The molecule has 2 aromatic carbocycles. The second kappa shape index (κ2) is 8.80. The van der Waals surface area contributed by atoms with Crippen molar-refractivity contribution in [1.29, 1.82) is 0 Å². The highest BCUT2D eigenvalue weighted by Crippen LogP contribution is 2.16. The Hall–Kier alpha value is -3.15. The van der Waals surface area contributed by atoms with Crippen LogP contribution in [0.1, 0.15) is 28.4 Å². The molecule has 2 amide bonds. The van der Waals surface area contributed by atoms with Crippen molar-refractivity contribution < 1.29 is 19.1 Å². The number of anilines is 1. The van der Waals surface area contributed by atoms with E-state index >= 15 is 0 Å². The van der Waals surface area contributed by atoms with Crippen LogP contribution in [0, 0.1) is 6.92 Å². The maximum absolute atomic E-state index is 12.7. The number of aryl methyl sites for hydroxylation is 1. The van der Waals surface area contributed by atoms with Crippen LogP contribution >= 0.6 is 0 Å². The number of para-hydroxylation sites is 1. The van der Waals surface area contributed by atoms with Gasteiger partial charge in [0, 0.05) is 13.3 Å². The van der Waals surface area contributed by atoms with E-state index in [1.807, 2.05) is 31.2 Å². The molecular weight excluding hydrogens is 332 g/mol. The molecule has 0 saturated heterocycles. The molecule has 0 spiro atoms. The average molecular weight is 354 g/mol. The first-order chi connectivity index (χ1) is 12.4. The molecule has 0 aliphatic carbocycles. The van der Waals surface area contributed by atoms with E-state index in [1.54, 1.807) is 24.3 Å². The Morgan fingerprint density at radius 3 is 2.31 bits per heavy atom. The molecular formula is C20H22N2O4.